The summed E-state index contributed by atoms with van der Waals surface area (Å²) >= 11 is 0. The fraction of sp³-hybridized carbons (Fsp3) is 0.276. The maximum absolute atomic E-state index is 12.1. The first-order chi connectivity index (χ1) is 17.9. The maximum atomic E-state index is 12.1. The van der Waals surface area contributed by atoms with Gasteiger partial charge in [-0.15, -0.1) is 0 Å². The van der Waals surface area contributed by atoms with Crippen molar-refractivity contribution in [2.24, 2.45) is 5.73 Å². The van der Waals surface area contributed by atoms with Gasteiger partial charge in [-0.1, -0.05) is 42.0 Å². The molecule has 1 aliphatic carbocycles. The molecule has 5 rings (SSSR count). The van der Waals surface area contributed by atoms with Gasteiger partial charge in [0, 0.05) is 17.7 Å². The lowest BCUT2D eigenvalue weighted by Crippen LogP contribution is -2.33. The number of aromatic nitrogens is 4. The Hall–Kier alpha value is -4.35. The Kier molecular flexibility index (Phi) is 8.39. The molecule has 0 aliphatic heterocycles. The van der Waals surface area contributed by atoms with Crippen molar-refractivity contribution in [1.82, 2.24) is 19.7 Å². The number of benzene rings is 2. The predicted molar refractivity (Wildman–Crippen MR) is 142 cm³/mol. The number of aryl methyl sites for hydroxylation is 2. The lowest BCUT2D eigenvalue weighted by atomic mass is 10.1. The molecule has 2 N–H and O–H groups in total. The zero-order chi connectivity index (χ0) is 26.2. The minimum Gasteiger partial charge on any atom is -0.486 e. The Bertz CT molecular complexity index is 1440. The van der Waals surface area contributed by atoms with Crippen molar-refractivity contribution in [3.8, 4) is 23.1 Å². The molecule has 0 spiro atoms. The van der Waals surface area contributed by atoms with E-state index in [0.29, 0.717) is 17.8 Å². The van der Waals surface area contributed by atoms with Gasteiger partial charge in [0.05, 0.1) is 36.3 Å². The summed E-state index contributed by atoms with van der Waals surface area (Å²) in [6, 6.07) is 20.7. The molecule has 1 saturated carbocycles. The van der Waals surface area contributed by atoms with Gasteiger partial charge in [0.1, 0.15) is 11.9 Å². The lowest BCUT2D eigenvalue weighted by molar-refractivity contribution is 0.190. The molecule has 0 amide bonds. The van der Waals surface area contributed by atoms with Crippen LogP contribution in [0.1, 0.15) is 41.8 Å². The molecular weight excluding hydrogens is 464 g/mol. The first kappa shape index (κ1) is 25.7. The van der Waals surface area contributed by atoms with E-state index < -0.39 is 0 Å². The summed E-state index contributed by atoms with van der Waals surface area (Å²) in [5.41, 5.74) is 9.99. The SMILES string of the molecule is Cc1cccc(Cn2nc(-c3cccc(C#N)c3)ccc2=O)c1.Cc1ncc(O[C@H]2CCC[C@H]2N)cn1. The van der Waals surface area contributed by atoms with Crippen LogP contribution in [-0.4, -0.2) is 31.9 Å². The summed E-state index contributed by atoms with van der Waals surface area (Å²) < 4.78 is 7.14. The average molecular weight is 495 g/mol. The van der Waals surface area contributed by atoms with E-state index in [2.05, 4.69) is 21.1 Å². The van der Waals surface area contributed by atoms with Gasteiger partial charge in [-0.3, -0.25) is 4.79 Å². The normalized spacial score (nSPS) is 16.4. The van der Waals surface area contributed by atoms with Crippen molar-refractivity contribution in [2.75, 3.05) is 0 Å². The number of hydrogen-bond donors (Lipinski definition) is 1. The van der Waals surface area contributed by atoms with E-state index in [-0.39, 0.29) is 17.7 Å². The fourth-order valence-corrected chi connectivity index (χ4v) is 4.17. The van der Waals surface area contributed by atoms with Crippen molar-refractivity contribution in [3.05, 3.63) is 106 Å². The third-order valence-electron chi connectivity index (χ3n) is 6.12. The first-order valence-electron chi connectivity index (χ1n) is 12.3. The van der Waals surface area contributed by atoms with Crippen molar-refractivity contribution >= 4 is 0 Å². The van der Waals surface area contributed by atoms with Gasteiger partial charge < -0.3 is 10.5 Å². The van der Waals surface area contributed by atoms with Gasteiger partial charge in [-0.2, -0.15) is 10.4 Å². The summed E-state index contributed by atoms with van der Waals surface area (Å²) in [4.78, 5) is 20.2. The molecule has 4 aromatic rings. The molecule has 2 aromatic carbocycles. The Labute approximate surface area is 216 Å². The van der Waals surface area contributed by atoms with Gasteiger partial charge in [-0.05, 0) is 56.9 Å². The number of nitriles is 1. The molecule has 8 nitrogen and oxygen atoms in total. The quantitative estimate of drug-likeness (QED) is 0.442. The number of nitrogens with zero attached hydrogens (tertiary/aromatic N) is 5. The maximum Gasteiger partial charge on any atom is 0.267 e. The van der Waals surface area contributed by atoms with Crippen LogP contribution in [-0.2, 0) is 6.54 Å². The van der Waals surface area contributed by atoms with Crippen molar-refractivity contribution in [2.45, 2.75) is 51.8 Å². The highest BCUT2D eigenvalue weighted by Crippen LogP contribution is 2.22. The average Bonchev–Trinajstić information content (AvgIpc) is 3.31. The van der Waals surface area contributed by atoms with Gasteiger partial charge >= 0.3 is 0 Å². The second kappa shape index (κ2) is 12.1. The van der Waals surface area contributed by atoms with Crippen LogP contribution in [0.25, 0.3) is 11.3 Å². The van der Waals surface area contributed by atoms with Crippen LogP contribution in [0.15, 0.2) is 77.9 Å². The highest BCUT2D eigenvalue weighted by atomic mass is 16.5. The molecule has 1 fully saturated rings. The van der Waals surface area contributed by atoms with Crippen LogP contribution in [0, 0.1) is 25.2 Å². The molecule has 0 saturated heterocycles. The molecule has 2 aromatic heterocycles. The molecular formula is C29H30N6O2. The minimum absolute atomic E-state index is 0.140. The zero-order valence-electron chi connectivity index (χ0n) is 21.0. The third kappa shape index (κ3) is 7.09. The van der Waals surface area contributed by atoms with Crippen LogP contribution in [0.4, 0.5) is 0 Å². The number of hydrogen-bond acceptors (Lipinski definition) is 7. The van der Waals surface area contributed by atoms with E-state index in [1.54, 1.807) is 30.6 Å². The zero-order valence-corrected chi connectivity index (χ0v) is 21.0. The fourth-order valence-electron chi connectivity index (χ4n) is 4.17. The summed E-state index contributed by atoms with van der Waals surface area (Å²) in [6.45, 7) is 4.29. The van der Waals surface area contributed by atoms with E-state index in [9.17, 15) is 4.79 Å². The molecule has 2 heterocycles. The summed E-state index contributed by atoms with van der Waals surface area (Å²) in [5.74, 6) is 1.48. The Balaban J connectivity index is 0.000000195. The smallest absolute Gasteiger partial charge is 0.267 e. The predicted octanol–water partition coefficient (Wildman–Crippen LogP) is 4.18. The van der Waals surface area contributed by atoms with Crippen molar-refractivity contribution in [1.29, 1.82) is 5.26 Å². The highest BCUT2D eigenvalue weighted by molar-refractivity contribution is 5.60. The molecule has 37 heavy (non-hydrogen) atoms. The Morgan fingerprint density at radius 2 is 1.84 bits per heavy atom. The first-order valence-corrected chi connectivity index (χ1v) is 12.3. The number of ether oxygens (including phenoxy) is 1. The molecule has 188 valence electrons. The standard InChI is InChI=1S/C19H15N3O.C10H15N3O/c1-14-4-2-6-16(10-14)13-22-19(23)9-8-18(21-22)17-7-3-5-15(11-17)12-20;1-7-12-5-8(6-13-7)14-10-4-2-3-9(10)11/h2-11H,13H2,1H3;5-6,9-10H,2-4,11H2,1H3/t;9-,10+/m.1/s1. The number of rotatable bonds is 5. The van der Waals surface area contributed by atoms with E-state index in [0.717, 1.165) is 47.5 Å². The van der Waals surface area contributed by atoms with E-state index in [1.165, 1.54) is 10.7 Å². The van der Waals surface area contributed by atoms with Crippen LogP contribution in [0.3, 0.4) is 0 Å². The van der Waals surface area contributed by atoms with Gasteiger partial charge in [0.15, 0.2) is 5.75 Å². The Morgan fingerprint density at radius 3 is 2.54 bits per heavy atom. The molecule has 0 bridgehead atoms. The third-order valence-corrected chi connectivity index (χ3v) is 6.12. The van der Waals surface area contributed by atoms with Crippen LogP contribution in [0.5, 0.6) is 5.75 Å². The lowest BCUT2D eigenvalue weighted by Gasteiger charge is -2.17. The van der Waals surface area contributed by atoms with E-state index in [1.807, 2.05) is 50.2 Å². The number of nitrogens with two attached hydrogens (primary N) is 1. The largest absolute Gasteiger partial charge is 0.486 e. The topological polar surface area (TPSA) is 120 Å². The van der Waals surface area contributed by atoms with Crippen LogP contribution < -0.4 is 16.0 Å². The monoisotopic (exact) mass is 494 g/mol. The van der Waals surface area contributed by atoms with Gasteiger partial charge in [-0.25, -0.2) is 14.6 Å². The molecule has 1 aliphatic rings. The molecule has 0 radical (unpaired) electrons. The minimum atomic E-state index is -0.147. The van der Waals surface area contributed by atoms with Crippen molar-refractivity contribution < 1.29 is 4.74 Å². The van der Waals surface area contributed by atoms with E-state index in [4.69, 9.17) is 15.7 Å². The summed E-state index contributed by atoms with van der Waals surface area (Å²) in [5, 5.41) is 13.4. The summed E-state index contributed by atoms with van der Waals surface area (Å²) in [7, 11) is 0. The molecule has 0 unspecified atom stereocenters. The van der Waals surface area contributed by atoms with Crippen LogP contribution >= 0.6 is 0 Å². The molecule has 2 atom stereocenters. The van der Waals surface area contributed by atoms with E-state index >= 15 is 0 Å². The van der Waals surface area contributed by atoms with Crippen LogP contribution in [0.2, 0.25) is 0 Å². The Morgan fingerprint density at radius 1 is 1.05 bits per heavy atom. The van der Waals surface area contributed by atoms with Gasteiger partial charge in [0.2, 0.25) is 0 Å². The highest BCUT2D eigenvalue weighted by Gasteiger charge is 2.25. The summed E-state index contributed by atoms with van der Waals surface area (Å²) in [6.07, 6.45) is 6.78. The van der Waals surface area contributed by atoms with Crippen molar-refractivity contribution in [3.63, 3.8) is 0 Å². The van der Waals surface area contributed by atoms with Gasteiger partial charge in [0.25, 0.3) is 5.56 Å². The molecule has 8 heteroatoms. The second-order valence-electron chi connectivity index (χ2n) is 9.11. The second-order valence-corrected chi connectivity index (χ2v) is 9.11.